The Labute approximate surface area is 759 Å². The van der Waals surface area contributed by atoms with Gasteiger partial charge in [0.2, 0.25) is 76.6 Å². The van der Waals surface area contributed by atoms with E-state index in [4.69, 9.17) is 22.9 Å². The monoisotopic (exact) mass is 1800 g/mol. The normalized spacial score (nSPS) is 20.8. The highest BCUT2D eigenvalue weighted by Crippen LogP contribution is 2.51. The van der Waals surface area contributed by atoms with Gasteiger partial charge in [-0.05, 0) is 134 Å². The Morgan fingerprint density at radius 2 is 0.847 bits per heavy atom. The average molecular weight is 1800 g/mol. The Morgan fingerprint density at radius 1 is 0.443 bits per heavy atom. The number of carboxylic acids is 2. The fourth-order valence-electron chi connectivity index (χ4n) is 16.7. The number of aliphatic carboxylic acids is 2. The topological polar surface area (TPSA) is 559 Å². The van der Waals surface area contributed by atoms with Crippen LogP contribution in [0.4, 0.5) is 11.4 Å². The van der Waals surface area contributed by atoms with Gasteiger partial charge in [0.15, 0.2) is 24.2 Å². The molecule has 36 nitrogen and oxygen atoms in total. The van der Waals surface area contributed by atoms with E-state index in [1.165, 1.54) is 0 Å². The number of fused-ring (bicyclic) bond motifs is 6. The lowest BCUT2D eigenvalue weighted by atomic mass is 9.79. The summed E-state index contributed by atoms with van der Waals surface area (Å²) in [4.78, 5) is 201. The maximum absolute atomic E-state index is 14.4. The molecule has 0 aromatic heterocycles. The van der Waals surface area contributed by atoms with Crippen LogP contribution in [-0.4, -0.2) is 216 Å². The van der Waals surface area contributed by atoms with Crippen molar-refractivity contribution in [2.45, 2.75) is 190 Å². The second-order valence-corrected chi connectivity index (χ2v) is 33.7. The molecule has 4 aliphatic rings. The number of aliphatic imine (C=N–C) groups is 2. The molecule has 0 spiro atoms. The van der Waals surface area contributed by atoms with E-state index < -0.39 is 156 Å². The summed E-state index contributed by atoms with van der Waals surface area (Å²) in [6.07, 6.45) is 13.7. The van der Waals surface area contributed by atoms with Gasteiger partial charge in [-0.1, -0.05) is 159 Å². The molecule has 6 aromatic rings. The molecule has 22 N–H and O–H groups in total. The molecule has 4 heterocycles. The molecule has 0 radical (unpaired) electrons. The lowest BCUT2D eigenvalue weighted by molar-refractivity contribution is -0.436. The van der Waals surface area contributed by atoms with Crippen LogP contribution in [0.25, 0.3) is 21.5 Å². The zero-order valence-electron chi connectivity index (χ0n) is 74.0. The number of allylic oxidation sites excluding steroid dienone is 8. The van der Waals surface area contributed by atoms with Crippen LogP contribution in [0.15, 0.2) is 192 Å². The van der Waals surface area contributed by atoms with E-state index in [9.17, 15) is 77.3 Å². The summed E-state index contributed by atoms with van der Waals surface area (Å²) in [6.45, 7) is 8.40. The van der Waals surface area contributed by atoms with Crippen LogP contribution in [0.3, 0.4) is 0 Å². The van der Waals surface area contributed by atoms with E-state index in [2.05, 4.69) is 172 Å². The van der Waals surface area contributed by atoms with Crippen LogP contribution in [0.1, 0.15) is 140 Å². The maximum atomic E-state index is 14.4. The predicted molar refractivity (Wildman–Crippen MR) is 496 cm³/mol. The van der Waals surface area contributed by atoms with Gasteiger partial charge in [0.25, 0.3) is 0 Å². The second kappa shape index (κ2) is 47.4. The van der Waals surface area contributed by atoms with E-state index in [0.29, 0.717) is 37.1 Å². The molecule has 0 aliphatic carbocycles. The van der Waals surface area contributed by atoms with Crippen LogP contribution in [0.2, 0.25) is 0 Å². The van der Waals surface area contributed by atoms with Crippen molar-refractivity contribution in [2.75, 3.05) is 57.3 Å². The number of carbonyl (C=O) groups excluding carboxylic acids is 12. The molecule has 36 heteroatoms. The predicted octanol–water partition coefficient (Wildman–Crippen LogP) is 2.75. The number of hydrogen-bond donors (Lipinski definition) is 18. The standard InChI is InChI=1S/C95H118N20O16/c1-94(2)74(114(72-42-40-60-30-16-18-32-62(60)82(72)94)50-44-76(116)100-46-22-20-34-66-86(126)108-64(36-24-48-102-92(96)97)84(124)104-56-78(118)106-70(54-80(120)121)90(130)112-68(88(128)110-66)52-58-26-10-8-11-27-58)38-14-6-5-7-15-39-75-95(3,4)83-63-33-19-17-31-61(63)41-43-73(83)115(75)51-45-77(117)101-47-23-21-35-67-87(127)109-65(37-25-49-103-93(98)99)85(125)105-57-79(119)107-71(55-81(122)123)91(131)113-69(89(129)111-67)53-59-28-12-9-13-29-59/h5-19,26-33,38-43,64-71H,20-25,34-37,44-57H2,1-4H3,(H21-,96,97,98,99,100,101,102,103,104,105,106,107,108,109,110,111,112,113,116,117,118,119,120,121,122,123,124,125,126,127,128,129,130,131)/p+1/t64-,65-,66-,67-,68+,69+,70-,71-/m0/s1. The minimum absolute atomic E-state index is 0.00409. The summed E-state index contributed by atoms with van der Waals surface area (Å²) in [7, 11) is 0. The molecule has 12 amide bonds. The SMILES string of the molecule is CC1(C)C(/C=C/C=C/C=C/C=C2/N(CCC(=O)NCCCC[C@@H]3NC(=O)[C@@H](Cc4ccccc4)NC(=O)[C@H](CC(=O)O)NC(=O)CNC(=O)[C@H](CCCN=C(N)N)NC3=O)c3ccc4ccccc4c3C2(C)C)=[N+](CCC(=O)NCCCC[C@@H]2NC(=O)[C@@H](Cc3ccccc3)NC(=O)[C@H](CC(=O)O)NC(=O)CNC(=O)[C@H](CCCN=C(N)N)NC2=O)c2ccc3ccccc3c21. The highest BCUT2D eigenvalue weighted by atomic mass is 16.4. The van der Waals surface area contributed by atoms with Gasteiger partial charge in [0, 0.05) is 86.5 Å². The van der Waals surface area contributed by atoms with E-state index in [0.717, 1.165) is 55.5 Å². The molecule has 694 valence electrons. The number of guanidine groups is 2. The number of anilines is 1. The number of carboxylic acid groups (broad SMARTS) is 2. The number of nitrogens with one attached hydrogen (secondary N) is 12. The molecule has 131 heavy (non-hydrogen) atoms. The summed E-state index contributed by atoms with van der Waals surface area (Å²) in [6, 6.07) is 30.7. The van der Waals surface area contributed by atoms with E-state index in [1.807, 2.05) is 54.6 Å². The van der Waals surface area contributed by atoms with Crippen molar-refractivity contribution in [3.63, 3.8) is 0 Å². The quantitative estimate of drug-likeness (QED) is 0.00884. The molecule has 2 saturated heterocycles. The first-order valence-electron chi connectivity index (χ1n) is 44.1. The Morgan fingerprint density at radius 3 is 1.33 bits per heavy atom. The Hall–Kier alpha value is -14.6. The maximum Gasteiger partial charge on any atom is 0.305 e. The molecule has 10 rings (SSSR count). The summed E-state index contributed by atoms with van der Waals surface area (Å²) in [5.41, 5.74) is 28.3. The molecule has 0 saturated carbocycles. The number of rotatable bonds is 36. The van der Waals surface area contributed by atoms with Crippen molar-refractivity contribution in [3.05, 3.63) is 204 Å². The number of nitrogens with zero attached hydrogens (tertiary/aromatic N) is 4. The van der Waals surface area contributed by atoms with Crippen LogP contribution in [0, 0.1) is 0 Å². The average Bonchev–Trinajstić information content (AvgIpc) is 1.61. The van der Waals surface area contributed by atoms with Gasteiger partial charge >= 0.3 is 11.9 Å². The summed E-state index contributed by atoms with van der Waals surface area (Å²) < 4.78 is 2.17. The zero-order chi connectivity index (χ0) is 94.3. The third kappa shape index (κ3) is 28.2. The van der Waals surface area contributed by atoms with Gasteiger partial charge in [-0.15, -0.1) is 0 Å². The van der Waals surface area contributed by atoms with Gasteiger partial charge in [0.1, 0.15) is 48.3 Å². The minimum Gasteiger partial charge on any atom is -0.481 e. The van der Waals surface area contributed by atoms with Crippen LogP contribution >= 0.6 is 0 Å². The van der Waals surface area contributed by atoms with Gasteiger partial charge in [-0.3, -0.25) is 77.1 Å². The Balaban J connectivity index is 0.803. The third-order valence-electron chi connectivity index (χ3n) is 23.2. The van der Waals surface area contributed by atoms with Crippen molar-refractivity contribution in [1.29, 1.82) is 0 Å². The Bertz CT molecular complexity index is 5430. The highest BCUT2D eigenvalue weighted by molar-refractivity contribution is 6.08. The van der Waals surface area contributed by atoms with E-state index in [-0.39, 0.29) is 127 Å². The van der Waals surface area contributed by atoms with Crippen LogP contribution in [-0.2, 0) is 90.8 Å². The molecule has 8 atom stereocenters. The minimum atomic E-state index is -1.66. The Kier molecular flexibility index (Phi) is 35.7. The summed E-state index contributed by atoms with van der Waals surface area (Å²) in [5, 5.41) is 55.5. The molecular weight excluding hydrogens is 1680 g/mol. The summed E-state index contributed by atoms with van der Waals surface area (Å²) in [5.74, 6) is -12.2. The molecule has 4 aliphatic heterocycles. The zero-order valence-corrected chi connectivity index (χ0v) is 74.0. The van der Waals surface area contributed by atoms with Crippen LogP contribution in [0.5, 0.6) is 0 Å². The van der Waals surface area contributed by atoms with Crippen molar-refractivity contribution < 1.29 is 81.9 Å². The van der Waals surface area contributed by atoms with E-state index >= 15 is 0 Å². The fraction of sp³-hybridized carbons (Fsp3) is 0.400. The molecule has 6 aromatic carbocycles. The largest absolute Gasteiger partial charge is 0.481 e. The van der Waals surface area contributed by atoms with E-state index in [1.54, 1.807) is 60.7 Å². The van der Waals surface area contributed by atoms with Crippen LogP contribution < -0.4 is 91.6 Å². The van der Waals surface area contributed by atoms with Gasteiger partial charge in [-0.2, -0.15) is 4.58 Å². The molecule has 0 unspecified atom stereocenters. The van der Waals surface area contributed by atoms with Gasteiger partial charge in [-0.25, -0.2) is 0 Å². The first-order valence-corrected chi connectivity index (χ1v) is 44.1. The molecule has 2 fully saturated rings. The first-order chi connectivity index (χ1) is 62.7. The number of benzene rings is 6. The summed E-state index contributed by atoms with van der Waals surface area (Å²) >= 11 is 0. The lowest BCUT2D eigenvalue weighted by Gasteiger charge is -2.27. The molecular formula is C95H119N20O16+. The number of hydrogen-bond acceptors (Lipinski definition) is 17. The number of nitrogens with two attached hydrogens (primary N) is 4. The number of amides is 12. The fourth-order valence-corrected chi connectivity index (χ4v) is 16.7. The smallest absolute Gasteiger partial charge is 0.305 e. The molecule has 0 bridgehead atoms. The van der Waals surface area contributed by atoms with Crippen molar-refractivity contribution in [1.82, 2.24) is 63.8 Å². The lowest BCUT2D eigenvalue weighted by Crippen LogP contribution is -2.58. The van der Waals surface area contributed by atoms with Gasteiger partial charge in [0.05, 0.1) is 37.8 Å². The third-order valence-corrected chi connectivity index (χ3v) is 23.2. The highest BCUT2D eigenvalue weighted by Gasteiger charge is 2.47. The first kappa shape index (κ1) is 98.6. The van der Waals surface area contributed by atoms with Crippen molar-refractivity contribution in [2.24, 2.45) is 32.9 Å². The number of carbonyl (C=O) groups is 14. The van der Waals surface area contributed by atoms with Gasteiger partial charge < -0.3 is 102 Å². The second-order valence-electron chi connectivity index (χ2n) is 33.7. The van der Waals surface area contributed by atoms with Crippen molar-refractivity contribution >= 4 is 133 Å². The van der Waals surface area contributed by atoms with Crippen molar-refractivity contribution in [3.8, 4) is 0 Å². The number of unbranched alkanes of at least 4 members (excludes halogenated alkanes) is 2.